The van der Waals surface area contributed by atoms with E-state index >= 15 is 0 Å². The Morgan fingerprint density at radius 1 is 1.56 bits per heavy atom. The van der Waals surface area contributed by atoms with Gasteiger partial charge in [-0.05, 0) is 19.1 Å². The van der Waals surface area contributed by atoms with Gasteiger partial charge in [-0.15, -0.1) is 0 Å². The summed E-state index contributed by atoms with van der Waals surface area (Å²) in [4.78, 5) is 10.9. The van der Waals surface area contributed by atoms with Crippen LogP contribution < -0.4 is 16.4 Å². The van der Waals surface area contributed by atoms with E-state index in [2.05, 4.69) is 10.6 Å². The third kappa shape index (κ3) is 8.37. The molecule has 0 aromatic rings. The fraction of sp³-hybridized carbons (Fsp3) is 0.778. The Balaban J connectivity index is 3.68. The minimum atomic E-state index is -0.830. The summed E-state index contributed by atoms with van der Waals surface area (Å²) < 4.78 is 0. The number of carboxylic acids is 1. The van der Waals surface area contributed by atoms with Gasteiger partial charge >= 0.3 is 5.97 Å². The van der Waals surface area contributed by atoms with E-state index in [0.29, 0.717) is 25.9 Å². The number of nitrogens with two attached hydrogens (primary N) is 1. The van der Waals surface area contributed by atoms with Gasteiger partial charge in [0.2, 0.25) is 0 Å². The first kappa shape index (κ1) is 15.0. The van der Waals surface area contributed by atoms with Gasteiger partial charge in [0.25, 0.3) is 0 Å². The van der Waals surface area contributed by atoms with Crippen LogP contribution >= 0.6 is 11.8 Å². The highest BCUT2D eigenvalue weighted by Gasteiger charge is 2.15. The van der Waals surface area contributed by atoms with Crippen LogP contribution in [0.25, 0.3) is 0 Å². The Morgan fingerprint density at radius 2 is 2.25 bits per heavy atom. The zero-order valence-electron chi connectivity index (χ0n) is 9.45. The molecule has 0 aliphatic heterocycles. The first-order valence-electron chi connectivity index (χ1n) is 5.11. The first-order valence-corrected chi connectivity index (χ1v) is 6.50. The Kier molecular flexibility index (Phi) is 8.74. The second-order valence-electron chi connectivity index (χ2n) is 3.32. The number of hydrogen-bond donors (Lipinski definition) is 5. The van der Waals surface area contributed by atoms with Crippen molar-refractivity contribution in [3.05, 3.63) is 0 Å². The molecule has 1 unspecified atom stereocenters. The van der Waals surface area contributed by atoms with E-state index < -0.39 is 12.0 Å². The molecule has 0 saturated carbocycles. The second-order valence-corrected chi connectivity index (χ2v) is 4.31. The highest BCUT2D eigenvalue weighted by molar-refractivity contribution is 7.98. The zero-order chi connectivity index (χ0) is 12.4. The standard InChI is InChI=1S/C9H20N4O2S/c1-16-6-5-12-7(8(14)15)3-2-4-13-9(10)11/h7,12H,2-6H2,1H3,(H,14,15)(H4,10,11,13). The molecule has 6 N–H and O–H groups in total. The Labute approximate surface area is 99.9 Å². The lowest BCUT2D eigenvalue weighted by Gasteiger charge is -2.14. The quantitative estimate of drug-likeness (QED) is 0.217. The van der Waals surface area contributed by atoms with E-state index in [1.165, 1.54) is 0 Å². The molecule has 16 heavy (non-hydrogen) atoms. The number of hydrogen-bond acceptors (Lipinski definition) is 4. The van der Waals surface area contributed by atoms with Crippen LogP contribution in [0.4, 0.5) is 0 Å². The van der Waals surface area contributed by atoms with Gasteiger partial charge in [-0.2, -0.15) is 11.8 Å². The molecule has 1 atom stereocenters. The fourth-order valence-electron chi connectivity index (χ4n) is 1.18. The molecule has 0 aliphatic carbocycles. The normalized spacial score (nSPS) is 12.1. The van der Waals surface area contributed by atoms with Crippen molar-refractivity contribution in [1.82, 2.24) is 10.6 Å². The topological polar surface area (TPSA) is 111 Å². The van der Waals surface area contributed by atoms with Crippen molar-refractivity contribution in [1.29, 1.82) is 5.41 Å². The summed E-state index contributed by atoms with van der Waals surface area (Å²) in [6.45, 7) is 1.22. The molecule has 0 heterocycles. The molecule has 0 saturated heterocycles. The highest BCUT2D eigenvalue weighted by Crippen LogP contribution is 1.98. The minimum absolute atomic E-state index is 0.0813. The van der Waals surface area contributed by atoms with Crippen LogP contribution in [-0.4, -0.2) is 48.2 Å². The summed E-state index contributed by atoms with van der Waals surface area (Å²) >= 11 is 1.68. The lowest BCUT2D eigenvalue weighted by Crippen LogP contribution is -2.39. The van der Waals surface area contributed by atoms with Crippen molar-refractivity contribution < 1.29 is 9.90 Å². The van der Waals surface area contributed by atoms with E-state index in [4.69, 9.17) is 16.2 Å². The van der Waals surface area contributed by atoms with E-state index in [1.807, 2.05) is 6.26 Å². The lowest BCUT2D eigenvalue weighted by atomic mass is 10.1. The summed E-state index contributed by atoms with van der Waals surface area (Å²) in [6, 6.07) is -0.513. The number of thioether (sulfide) groups is 1. The molecular weight excluding hydrogens is 228 g/mol. The molecule has 7 heteroatoms. The molecule has 0 amide bonds. The van der Waals surface area contributed by atoms with Gasteiger partial charge < -0.3 is 21.5 Å². The van der Waals surface area contributed by atoms with Gasteiger partial charge in [0.05, 0.1) is 0 Å². The maximum Gasteiger partial charge on any atom is 0.320 e. The average molecular weight is 248 g/mol. The molecule has 0 aromatic carbocycles. The van der Waals surface area contributed by atoms with E-state index in [1.54, 1.807) is 11.8 Å². The van der Waals surface area contributed by atoms with Gasteiger partial charge in [-0.1, -0.05) is 0 Å². The van der Waals surface area contributed by atoms with Crippen molar-refractivity contribution in [3.63, 3.8) is 0 Å². The van der Waals surface area contributed by atoms with Crippen LogP contribution in [0.15, 0.2) is 0 Å². The molecule has 0 radical (unpaired) electrons. The third-order valence-electron chi connectivity index (χ3n) is 1.98. The molecule has 94 valence electrons. The van der Waals surface area contributed by atoms with Crippen molar-refractivity contribution in [2.75, 3.05) is 25.1 Å². The maximum absolute atomic E-state index is 10.9. The summed E-state index contributed by atoms with van der Waals surface area (Å²) in [5.74, 6) is -0.0127. The molecule has 0 spiro atoms. The molecule has 0 aromatic heterocycles. The smallest absolute Gasteiger partial charge is 0.320 e. The predicted octanol–water partition coefficient (Wildman–Crippen LogP) is -0.345. The fourth-order valence-corrected chi connectivity index (χ4v) is 1.50. The van der Waals surface area contributed by atoms with Crippen LogP contribution in [-0.2, 0) is 4.79 Å². The first-order chi connectivity index (χ1) is 7.57. The van der Waals surface area contributed by atoms with Crippen LogP contribution in [0.1, 0.15) is 12.8 Å². The summed E-state index contributed by atoms with van der Waals surface area (Å²) in [6.07, 6.45) is 3.18. The molecule has 0 aliphatic rings. The van der Waals surface area contributed by atoms with Crippen molar-refractivity contribution in [2.24, 2.45) is 5.73 Å². The van der Waals surface area contributed by atoms with Crippen molar-refractivity contribution in [3.8, 4) is 0 Å². The Hall–Kier alpha value is -0.950. The van der Waals surface area contributed by atoms with Gasteiger partial charge in [0.15, 0.2) is 5.96 Å². The maximum atomic E-state index is 10.9. The van der Waals surface area contributed by atoms with Crippen LogP contribution in [0.2, 0.25) is 0 Å². The lowest BCUT2D eigenvalue weighted by molar-refractivity contribution is -0.139. The number of guanidine groups is 1. The number of rotatable bonds is 9. The number of carbonyl (C=O) groups is 1. The average Bonchev–Trinajstić information content (AvgIpc) is 2.21. The third-order valence-corrected chi connectivity index (χ3v) is 2.59. The minimum Gasteiger partial charge on any atom is -0.480 e. The molecule has 0 rings (SSSR count). The monoisotopic (exact) mass is 248 g/mol. The highest BCUT2D eigenvalue weighted by atomic mass is 32.2. The van der Waals surface area contributed by atoms with Crippen LogP contribution in [0.3, 0.4) is 0 Å². The van der Waals surface area contributed by atoms with E-state index in [-0.39, 0.29) is 5.96 Å². The molecule has 0 fully saturated rings. The molecular formula is C9H20N4O2S. The predicted molar refractivity (Wildman–Crippen MR) is 67.0 cm³/mol. The molecule has 6 nitrogen and oxygen atoms in total. The van der Waals surface area contributed by atoms with Crippen LogP contribution in [0.5, 0.6) is 0 Å². The number of aliphatic carboxylic acids is 1. The summed E-state index contributed by atoms with van der Waals surface area (Å²) in [5.41, 5.74) is 5.10. The molecule has 0 bridgehead atoms. The van der Waals surface area contributed by atoms with Gasteiger partial charge in [-0.3, -0.25) is 10.2 Å². The Bertz CT molecular complexity index is 226. The van der Waals surface area contributed by atoms with E-state index in [9.17, 15) is 4.79 Å². The van der Waals surface area contributed by atoms with E-state index in [0.717, 1.165) is 5.75 Å². The number of nitrogens with one attached hydrogen (secondary N) is 3. The number of carboxylic acid groups (broad SMARTS) is 1. The Morgan fingerprint density at radius 3 is 2.75 bits per heavy atom. The van der Waals surface area contributed by atoms with Crippen molar-refractivity contribution >= 4 is 23.7 Å². The SMILES string of the molecule is CSCCNC(CCCNC(=N)N)C(=O)O. The second kappa shape index (κ2) is 9.29. The van der Waals surface area contributed by atoms with Crippen LogP contribution in [0, 0.1) is 5.41 Å². The van der Waals surface area contributed by atoms with Crippen molar-refractivity contribution in [2.45, 2.75) is 18.9 Å². The van der Waals surface area contributed by atoms with Gasteiger partial charge in [0, 0.05) is 18.8 Å². The van der Waals surface area contributed by atoms with Gasteiger partial charge in [0.1, 0.15) is 6.04 Å². The zero-order valence-corrected chi connectivity index (χ0v) is 10.3. The largest absolute Gasteiger partial charge is 0.480 e. The summed E-state index contributed by atoms with van der Waals surface area (Å²) in [7, 11) is 0. The summed E-state index contributed by atoms with van der Waals surface area (Å²) in [5, 5.41) is 21.5. The van der Waals surface area contributed by atoms with Gasteiger partial charge in [-0.25, -0.2) is 0 Å².